The number of halogens is 1. The first-order chi connectivity index (χ1) is 9.15. The van der Waals surface area contributed by atoms with E-state index in [1.165, 1.54) is 0 Å². The molecule has 0 aliphatic heterocycles. The van der Waals surface area contributed by atoms with E-state index in [1.54, 1.807) is 6.92 Å². The van der Waals surface area contributed by atoms with E-state index >= 15 is 0 Å². The molecule has 0 aromatic carbocycles. The number of furan rings is 1. The molecular weight excluding hydrogens is 280 g/mol. The Morgan fingerprint density at radius 1 is 1.30 bits per heavy atom. The second-order valence-corrected chi connectivity index (χ2v) is 4.84. The summed E-state index contributed by atoms with van der Waals surface area (Å²) in [6.07, 6.45) is 2.97. The lowest BCUT2D eigenvalue weighted by atomic mass is 9.94. The second-order valence-electron chi connectivity index (χ2n) is 4.84. The molecule has 0 bridgehead atoms. The highest BCUT2D eigenvalue weighted by molar-refractivity contribution is 6.03. The number of fused-ring (bicyclic) bond motifs is 1. The number of ketones is 1. The van der Waals surface area contributed by atoms with Crippen molar-refractivity contribution in [2.45, 2.75) is 32.6 Å². The van der Waals surface area contributed by atoms with Gasteiger partial charge in [-0.25, -0.2) is 0 Å². The van der Waals surface area contributed by atoms with Crippen LogP contribution >= 0.6 is 12.4 Å². The third-order valence-electron chi connectivity index (χ3n) is 3.40. The normalized spacial score (nSPS) is 13.6. The summed E-state index contributed by atoms with van der Waals surface area (Å²) >= 11 is 0. The molecule has 1 heterocycles. The lowest BCUT2D eigenvalue weighted by Gasteiger charge is -2.07. The van der Waals surface area contributed by atoms with Gasteiger partial charge < -0.3 is 15.1 Å². The first-order valence-electron chi connectivity index (χ1n) is 6.73. The molecule has 1 aromatic rings. The maximum atomic E-state index is 12.0. The number of carbonyl (C=O) groups excluding carboxylic acids is 2. The van der Waals surface area contributed by atoms with Gasteiger partial charge in [0.2, 0.25) is 0 Å². The van der Waals surface area contributed by atoms with Crippen LogP contribution in [0, 0.1) is 6.92 Å². The van der Waals surface area contributed by atoms with Gasteiger partial charge in [0, 0.05) is 24.9 Å². The van der Waals surface area contributed by atoms with Crippen molar-refractivity contribution in [1.82, 2.24) is 10.6 Å². The van der Waals surface area contributed by atoms with E-state index in [9.17, 15) is 9.59 Å². The van der Waals surface area contributed by atoms with E-state index in [0.717, 1.165) is 25.8 Å². The number of amides is 1. The lowest BCUT2D eigenvalue weighted by Crippen LogP contribution is -2.26. The van der Waals surface area contributed by atoms with Gasteiger partial charge >= 0.3 is 0 Å². The predicted molar refractivity (Wildman–Crippen MR) is 78.8 cm³/mol. The lowest BCUT2D eigenvalue weighted by molar-refractivity contribution is 0.0919. The van der Waals surface area contributed by atoms with Crippen LogP contribution in [-0.2, 0) is 6.42 Å². The summed E-state index contributed by atoms with van der Waals surface area (Å²) in [5.74, 6) is 0.839. The van der Waals surface area contributed by atoms with Crippen molar-refractivity contribution in [1.29, 1.82) is 0 Å². The molecule has 0 fully saturated rings. The largest absolute Gasteiger partial charge is 0.455 e. The predicted octanol–water partition coefficient (Wildman–Crippen LogP) is 1.87. The average molecular weight is 301 g/mol. The molecule has 0 saturated heterocycles. The van der Waals surface area contributed by atoms with Gasteiger partial charge in [0.15, 0.2) is 11.5 Å². The summed E-state index contributed by atoms with van der Waals surface area (Å²) in [7, 11) is 1.87. The smallest absolute Gasteiger partial charge is 0.287 e. The van der Waals surface area contributed by atoms with Gasteiger partial charge in [-0.3, -0.25) is 9.59 Å². The van der Waals surface area contributed by atoms with Gasteiger partial charge in [0.1, 0.15) is 5.76 Å². The molecule has 0 unspecified atom stereocenters. The molecule has 0 saturated carbocycles. The average Bonchev–Trinajstić information content (AvgIpc) is 2.73. The molecular formula is C14H21ClN2O3. The number of carbonyl (C=O) groups is 2. The molecule has 1 aliphatic carbocycles. The zero-order valence-electron chi connectivity index (χ0n) is 11.9. The van der Waals surface area contributed by atoms with E-state index in [-0.39, 0.29) is 24.1 Å². The maximum Gasteiger partial charge on any atom is 0.287 e. The molecule has 0 spiro atoms. The van der Waals surface area contributed by atoms with Crippen LogP contribution in [0.2, 0.25) is 0 Å². The first-order valence-corrected chi connectivity index (χ1v) is 6.73. The van der Waals surface area contributed by atoms with Gasteiger partial charge in [-0.05, 0) is 33.4 Å². The van der Waals surface area contributed by atoms with E-state index in [0.29, 0.717) is 35.6 Å². The molecule has 0 atom stereocenters. The summed E-state index contributed by atoms with van der Waals surface area (Å²) in [5, 5.41) is 5.83. The van der Waals surface area contributed by atoms with Crippen molar-refractivity contribution in [2.24, 2.45) is 0 Å². The molecule has 1 aromatic heterocycles. The molecule has 112 valence electrons. The fourth-order valence-electron chi connectivity index (χ4n) is 2.41. The van der Waals surface area contributed by atoms with Crippen molar-refractivity contribution < 1.29 is 14.0 Å². The van der Waals surface area contributed by atoms with Crippen LogP contribution in [0.4, 0.5) is 0 Å². The van der Waals surface area contributed by atoms with Gasteiger partial charge in [-0.1, -0.05) is 0 Å². The first kappa shape index (κ1) is 16.7. The molecule has 1 aliphatic rings. The highest BCUT2D eigenvalue weighted by atomic mass is 35.5. The van der Waals surface area contributed by atoms with Crippen LogP contribution in [0.3, 0.4) is 0 Å². The summed E-state index contributed by atoms with van der Waals surface area (Å²) in [6.45, 7) is 3.24. The van der Waals surface area contributed by atoms with Crippen molar-refractivity contribution >= 4 is 24.1 Å². The Bertz CT molecular complexity index is 497. The Kier molecular flexibility index (Phi) is 6.23. The summed E-state index contributed by atoms with van der Waals surface area (Å²) in [6, 6.07) is 0. The highest BCUT2D eigenvalue weighted by Crippen LogP contribution is 2.29. The number of nitrogens with one attached hydrogen (secondary N) is 2. The number of aryl methyl sites for hydroxylation is 1. The van der Waals surface area contributed by atoms with Crippen LogP contribution < -0.4 is 10.6 Å². The van der Waals surface area contributed by atoms with Gasteiger partial charge in [0.05, 0.1) is 5.56 Å². The fraction of sp³-hybridized carbons (Fsp3) is 0.571. The third kappa shape index (κ3) is 3.41. The molecule has 2 rings (SSSR count). The topological polar surface area (TPSA) is 71.3 Å². The monoisotopic (exact) mass is 300 g/mol. The quantitative estimate of drug-likeness (QED) is 0.814. The zero-order chi connectivity index (χ0) is 13.8. The van der Waals surface area contributed by atoms with Gasteiger partial charge in [-0.2, -0.15) is 0 Å². The van der Waals surface area contributed by atoms with E-state index < -0.39 is 0 Å². The third-order valence-corrected chi connectivity index (χ3v) is 3.40. The molecule has 20 heavy (non-hydrogen) atoms. The Morgan fingerprint density at radius 3 is 2.70 bits per heavy atom. The molecule has 5 nitrogen and oxygen atoms in total. The Labute approximate surface area is 124 Å². The minimum absolute atomic E-state index is 0. The summed E-state index contributed by atoms with van der Waals surface area (Å²) in [5.41, 5.74) is 1.32. The minimum atomic E-state index is -0.226. The summed E-state index contributed by atoms with van der Waals surface area (Å²) < 4.78 is 5.58. The Balaban J connectivity index is 0.00000200. The van der Waals surface area contributed by atoms with Gasteiger partial charge in [-0.15, -0.1) is 12.4 Å². The highest BCUT2D eigenvalue weighted by Gasteiger charge is 2.28. The zero-order valence-corrected chi connectivity index (χ0v) is 12.7. The number of rotatable bonds is 5. The van der Waals surface area contributed by atoms with Crippen LogP contribution in [0.1, 0.15) is 51.5 Å². The van der Waals surface area contributed by atoms with Crippen LogP contribution in [0.5, 0.6) is 0 Å². The van der Waals surface area contributed by atoms with Crippen LogP contribution in [0.15, 0.2) is 4.42 Å². The van der Waals surface area contributed by atoms with Crippen molar-refractivity contribution in [3.8, 4) is 0 Å². The van der Waals surface area contributed by atoms with Crippen LogP contribution in [-0.4, -0.2) is 31.8 Å². The van der Waals surface area contributed by atoms with Gasteiger partial charge in [0.25, 0.3) is 5.91 Å². The molecule has 0 radical (unpaired) electrons. The van der Waals surface area contributed by atoms with E-state index in [2.05, 4.69) is 10.6 Å². The number of Topliss-reactive ketones (excluding diaryl/α,β-unsaturated/α-hetero) is 1. The number of hydrogen-bond acceptors (Lipinski definition) is 4. The molecule has 6 heteroatoms. The van der Waals surface area contributed by atoms with Crippen LogP contribution in [0.25, 0.3) is 0 Å². The van der Waals surface area contributed by atoms with Crippen molar-refractivity contribution in [3.63, 3.8) is 0 Å². The number of hydrogen-bond donors (Lipinski definition) is 2. The summed E-state index contributed by atoms with van der Waals surface area (Å²) in [4.78, 5) is 23.9. The Morgan fingerprint density at radius 2 is 2.05 bits per heavy atom. The molecule has 1 amide bonds. The maximum absolute atomic E-state index is 12.0. The van der Waals surface area contributed by atoms with Crippen molar-refractivity contribution in [3.05, 3.63) is 22.6 Å². The van der Waals surface area contributed by atoms with E-state index in [4.69, 9.17) is 4.42 Å². The standard InChI is InChI=1S/C14H20N2O3.ClH/c1-9-12-10(17)5-3-6-11(12)19-13(9)14(18)16-8-4-7-15-2;/h15H,3-8H2,1-2H3,(H,16,18);1H. The second kappa shape index (κ2) is 7.45. The SMILES string of the molecule is CNCCCNC(=O)c1oc2c(c1C)C(=O)CCC2.Cl. The van der Waals surface area contributed by atoms with Crippen molar-refractivity contribution in [2.75, 3.05) is 20.1 Å². The molecule has 2 N–H and O–H groups in total. The Hall–Kier alpha value is -1.33. The minimum Gasteiger partial charge on any atom is -0.455 e. The van der Waals surface area contributed by atoms with E-state index in [1.807, 2.05) is 7.05 Å². The fourth-order valence-corrected chi connectivity index (χ4v) is 2.41.